The molecule has 0 fully saturated rings. The van der Waals surface area contributed by atoms with Crippen molar-refractivity contribution in [2.24, 2.45) is 5.92 Å². The largest absolute Gasteiger partial charge is 0.467 e. The number of hydrogen-bond donors (Lipinski definition) is 1. The summed E-state index contributed by atoms with van der Waals surface area (Å²) in [6.07, 6.45) is 2.67. The highest BCUT2D eigenvalue weighted by atomic mass is 35.5. The van der Waals surface area contributed by atoms with Crippen LogP contribution in [0.2, 0.25) is 4.34 Å². The van der Waals surface area contributed by atoms with E-state index < -0.39 is 0 Å². The van der Waals surface area contributed by atoms with Gasteiger partial charge >= 0.3 is 0 Å². The van der Waals surface area contributed by atoms with Crippen LogP contribution in [0.3, 0.4) is 0 Å². The van der Waals surface area contributed by atoms with E-state index in [4.69, 9.17) is 20.8 Å². The number of nitrogens with one attached hydrogen (secondary N) is 1. The first-order valence-electron chi connectivity index (χ1n) is 7.26. The minimum atomic E-state index is 0.0580. The van der Waals surface area contributed by atoms with Gasteiger partial charge in [0, 0.05) is 18.1 Å². The fourth-order valence-corrected chi connectivity index (χ4v) is 3.16. The number of furan rings is 1. The Kier molecular flexibility index (Phi) is 6.77. The maximum absolute atomic E-state index is 6.04. The third-order valence-corrected chi connectivity index (χ3v) is 4.27. The molecule has 0 aliphatic rings. The summed E-state index contributed by atoms with van der Waals surface area (Å²) in [6, 6.07) is 7.92. The second-order valence-corrected chi connectivity index (χ2v) is 7.11. The van der Waals surface area contributed by atoms with Crippen LogP contribution in [0.4, 0.5) is 0 Å². The molecule has 1 atom stereocenters. The van der Waals surface area contributed by atoms with Crippen LogP contribution in [0.15, 0.2) is 34.9 Å². The molecule has 2 heterocycles. The molecule has 0 saturated heterocycles. The van der Waals surface area contributed by atoms with Crippen LogP contribution in [-0.2, 0) is 4.74 Å². The van der Waals surface area contributed by atoms with Gasteiger partial charge in [0.15, 0.2) is 0 Å². The number of halogens is 1. The van der Waals surface area contributed by atoms with Crippen molar-refractivity contribution in [3.63, 3.8) is 0 Å². The van der Waals surface area contributed by atoms with Crippen LogP contribution in [0, 0.1) is 5.92 Å². The Morgan fingerprint density at radius 1 is 1.33 bits per heavy atom. The van der Waals surface area contributed by atoms with Gasteiger partial charge in [0.1, 0.15) is 11.8 Å². The minimum Gasteiger partial charge on any atom is -0.467 e. The zero-order valence-electron chi connectivity index (χ0n) is 12.5. The standard InChI is InChI=1S/C16H22ClNO2S/c1-12(2)11-19-9-4-8-18-16(13-5-3-10-20-13)14-6-7-15(17)21-14/h3,5-7,10,12,16,18H,4,8-9,11H2,1-2H3. The van der Waals surface area contributed by atoms with Crippen molar-refractivity contribution < 1.29 is 9.15 Å². The van der Waals surface area contributed by atoms with E-state index in [1.54, 1.807) is 17.6 Å². The second-order valence-electron chi connectivity index (χ2n) is 5.37. The lowest BCUT2D eigenvalue weighted by atomic mass is 10.2. The monoisotopic (exact) mass is 327 g/mol. The summed E-state index contributed by atoms with van der Waals surface area (Å²) in [5.41, 5.74) is 0. The number of ether oxygens (including phenoxy) is 1. The molecule has 3 nitrogen and oxygen atoms in total. The lowest BCUT2D eigenvalue weighted by Gasteiger charge is -2.15. The first-order chi connectivity index (χ1) is 10.2. The van der Waals surface area contributed by atoms with Gasteiger partial charge in [-0.15, -0.1) is 11.3 Å². The van der Waals surface area contributed by atoms with Crippen molar-refractivity contribution in [1.82, 2.24) is 5.32 Å². The van der Waals surface area contributed by atoms with Crippen molar-refractivity contribution in [2.75, 3.05) is 19.8 Å². The average molecular weight is 328 g/mol. The molecule has 0 aliphatic heterocycles. The summed E-state index contributed by atoms with van der Waals surface area (Å²) in [7, 11) is 0. The third kappa shape index (κ3) is 5.47. The summed E-state index contributed by atoms with van der Waals surface area (Å²) in [5, 5.41) is 3.52. The van der Waals surface area contributed by atoms with Crippen LogP contribution in [0.25, 0.3) is 0 Å². The van der Waals surface area contributed by atoms with Crippen molar-refractivity contribution in [2.45, 2.75) is 26.3 Å². The molecule has 5 heteroatoms. The lowest BCUT2D eigenvalue weighted by Crippen LogP contribution is -2.23. The van der Waals surface area contributed by atoms with Gasteiger partial charge in [-0.1, -0.05) is 25.4 Å². The van der Waals surface area contributed by atoms with Gasteiger partial charge in [-0.25, -0.2) is 0 Å². The Bertz CT molecular complexity index is 510. The predicted octanol–water partition coefficient (Wildman–Crippen LogP) is 4.74. The quantitative estimate of drug-likeness (QED) is 0.676. The predicted molar refractivity (Wildman–Crippen MR) is 88.2 cm³/mol. The highest BCUT2D eigenvalue weighted by Crippen LogP contribution is 2.31. The molecule has 1 N–H and O–H groups in total. The molecule has 2 rings (SSSR count). The molecule has 0 spiro atoms. The zero-order chi connectivity index (χ0) is 15.1. The van der Waals surface area contributed by atoms with E-state index in [-0.39, 0.29) is 6.04 Å². The summed E-state index contributed by atoms with van der Waals surface area (Å²) in [5.74, 6) is 1.50. The van der Waals surface area contributed by atoms with Crippen molar-refractivity contribution in [3.05, 3.63) is 45.5 Å². The molecule has 116 valence electrons. The van der Waals surface area contributed by atoms with Crippen LogP contribution in [0.1, 0.15) is 36.9 Å². The Labute approximate surface area is 135 Å². The maximum atomic E-state index is 6.04. The van der Waals surface area contributed by atoms with E-state index in [1.165, 1.54) is 0 Å². The minimum absolute atomic E-state index is 0.0580. The normalized spacial score (nSPS) is 13.0. The molecule has 0 radical (unpaired) electrons. The van der Waals surface area contributed by atoms with Gasteiger partial charge in [-0.3, -0.25) is 0 Å². The maximum Gasteiger partial charge on any atom is 0.126 e. The van der Waals surface area contributed by atoms with Crippen molar-refractivity contribution >= 4 is 22.9 Å². The molecule has 21 heavy (non-hydrogen) atoms. The third-order valence-electron chi connectivity index (χ3n) is 2.97. The molecule has 0 saturated carbocycles. The number of hydrogen-bond acceptors (Lipinski definition) is 4. The lowest BCUT2D eigenvalue weighted by molar-refractivity contribution is 0.107. The van der Waals surface area contributed by atoms with Crippen molar-refractivity contribution in [3.8, 4) is 0 Å². The smallest absolute Gasteiger partial charge is 0.126 e. The SMILES string of the molecule is CC(C)COCCCNC(c1ccco1)c1ccc(Cl)s1. The highest BCUT2D eigenvalue weighted by molar-refractivity contribution is 7.16. The van der Waals surface area contributed by atoms with Gasteiger partial charge in [0.25, 0.3) is 0 Å². The Morgan fingerprint density at radius 3 is 2.81 bits per heavy atom. The highest BCUT2D eigenvalue weighted by Gasteiger charge is 2.18. The molecule has 0 bridgehead atoms. The Balaban J connectivity index is 1.83. The first kappa shape index (κ1) is 16.6. The summed E-state index contributed by atoms with van der Waals surface area (Å²) < 4.78 is 11.9. The Morgan fingerprint density at radius 2 is 2.19 bits per heavy atom. The summed E-state index contributed by atoms with van der Waals surface area (Å²) in [4.78, 5) is 1.16. The molecule has 1 unspecified atom stereocenters. The fourth-order valence-electron chi connectivity index (χ4n) is 2.02. The van der Waals surface area contributed by atoms with E-state index in [2.05, 4.69) is 19.2 Å². The van der Waals surface area contributed by atoms with Gasteiger partial charge in [-0.05, 0) is 43.1 Å². The van der Waals surface area contributed by atoms with Crippen LogP contribution in [0.5, 0.6) is 0 Å². The topological polar surface area (TPSA) is 34.4 Å². The van der Waals surface area contributed by atoms with Crippen molar-refractivity contribution in [1.29, 1.82) is 0 Å². The van der Waals surface area contributed by atoms with E-state index in [0.717, 1.165) is 41.2 Å². The zero-order valence-corrected chi connectivity index (χ0v) is 14.0. The summed E-state index contributed by atoms with van der Waals surface area (Å²) >= 11 is 7.62. The molecule has 0 aliphatic carbocycles. The van der Waals surface area contributed by atoms with Gasteiger partial charge in [-0.2, -0.15) is 0 Å². The van der Waals surface area contributed by atoms with Gasteiger partial charge in [0.2, 0.25) is 0 Å². The summed E-state index contributed by atoms with van der Waals surface area (Å²) in [6.45, 7) is 6.79. The number of rotatable bonds is 9. The van der Waals surface area contributed by atoms with Gasteiger partial charge < -0.3 is 14.5 Å². The van der Waals surface area contributed by atoms with E-state index in [9.17, 15) is 0 Å². The van der Waals surface area contributed by atoms with E-state index in [1.807, 2.05) is 24.3 Å². The number of thiophene rings is 1. The molecule has 2 aromatic heterocycles. The van der Waals surface area contributed by atoms with E-state index in [0.29, 0.717) is 5.92 Å². The van der Waals surface area contributed by atoms with Crippen LogP contribution in [-0.4, -0.2) is 19.8 Å². The second kappa shape index (κ2) is 8.59. The Hall–Kier alpha value is -0.810. The van der Waals surface area contributed by atoms with E-state index >= 15 is 0 Å². The van der Waals surface area contributed by atoms with Crippen LogP contribution >= 0.6 is 22.9 Å². The molecular weight excluding hydrogens is 306 g/mol. The molecular formula is C16H22ClNO2S. The first-order valence-corrected chi connectivity index (χ1v) is 8.46. The molecule has 0 amide bonds. The molecule has 2 aromatic rings. The average Bonchev–Trinajstić information content (AvgIpc) is 3.09. The molecule has 0 aromatic carbocycles. The van der Waals surface area contributed by atoms with Gasteiger partial charge in [0.05, 0.1) is 10.6 Å². The fraction of sp³-hybridized carbons (Fsp3) is 0.500. The van der Waals surface area contributed by atoms with Crippen LogP contribution < -0.4 is 5.32 Å².